The van der Waals surface area contributed by atoms with Gasteiger partial charge >= 0.3 is 0 Å². The molecule has 2 heterocycles. The highest BCUT2D eigenvalue weighted by Gasteiger charge is 2.18. The number of benzene rings is 3. The number of primary amides is 1. The lowest BCUT2D eigenvalue weighted by Gasteiger charge is -2.37. The number of carbonyl (C=O) groups excluding carboxylic acids is 1. The van der Waals surface area contributed by atoms with E-state index in [1.54, 1.807) is 19.2 Å². The van der Waals surface area contributed by atoms with E-state index in [9.17, 15) is 4.79 Å². The fourth-order valence-electron chi connectivity index (χ4n) is 4.14. The molecular formula is C25H25N5O2. The highest BCUT2D eigenvalue weighted by molar-refractivity contribution is 5.96. The number of ether oxygens (including phenoxy) is 1. The Morgan fingerprint density at radius 2 is 1.50 bits per heavy atom. The van der Waals surface area contributed by atoms with Gasteiger partial charge in [-0.3, -0.25) is 4.79 Å². The number of imidazole rings is 1. The Hall–Kier alpha value is -4.00. The van der Waals surface area contributed by atoms with Crippen LogP contribution in [0.15, 0.2) is 66.7 Å². The van der Waals surface area contributed by atoms with Crippen LogP contribution in [0.5, 0.6) is 5.75 Å². The maximum atomic E-state index is 11.4. The molecule has 0 bridgehead atoms. The fourth-order valence-corrected chi connectivity index (χ4v) is 4.14. The molecule has 0 spiro atoms. The van der Waals surface area contributed by atoms with E-state index in [2.05, 4.69) is 56.2 Å². The van der Waals surface area contributed by atoms with Crippen LogP contribution in [0, 0.1) is 0 Å². The minimum Gasteiger partial charge on any atom is -0.497 e. The standard InChI is InChI=1S/C25H25N5O2/c1-32-21-9-7-20(8-10-21)30-14-12-29(13-15-30)19-5-2-17(3-6-19)25-27-22-11-4-18(24(26)31)16-23(22)28-25/h2-11,16H,12-15H2,1H3,(H2,26,31)(H,27,28). The van der Waals surface area contributed by atoms with Crippen LogP contribution in [0.1, 0.15) is 10.4 Å². The van der Waals surface area contributed by atoms with Gasteiger partial charge in [-0.15, -0.1) is 0 Å². The number of aromatic amines is 1. The molecule has 0 radical (unpaired) electrons. The number of amides is 1. The van der Waals surface area contributed by atoms with E-state index in [0.29, 0.717) is 5.56 Å². The molecule has 0 aliphatic carbocycles. The Kier molecular flexibility index (Phi) is 5.15. The molecule has 1 amide bonds. The Labute approximate surface area is 186 Å². The summed E-state index contributed by atoms with van der Waals surface area (Å²) in [6.45, 7) is 3.87. The van der Waals surface area contributed by atoms with Crippen molar-refractivity contribution in [1.82, 2.24) is 9.97 Å². The van der Waals surface area contributed by atoms with Gasteiger partial charge in [0.2, 0.25) is 5.91 Å². The molecule has 3 N–H and O–H groups in total. The molecule has 4 aromatic rings. The SMILES string of the molecule is COc1ccc(N2CCN(c3ccc(-c4nc5cc(C(N)=O)ccc5[nH]4)cc3)CC2)cc1. The lowest BCUT2D eigenvalue weighted by molar-refractivity contribution is 0.100. The normalized spacial score (nSPS) is 14.0. The van der Waals surface area contributed by atoms with Gasteiger partial charge in [0.05, 0.1) is 18.1 Å². The van der Waals surface area contributed by atoms with E-state index in [0.717, 1.165) is 54.3 Å². The zero-order valence-corrected chi connectivity index (χ0v) is 17.9. The molecule has 7 heteroatoms. The Balaban J connectivity index is 1.27. The number of carbonyl (C=O) groups is 1. The molecule has 1 aliphatic rings. The summed E-state index contributed by atoms with van der Waals surface area (Å²) in [6.07, 6.45) is 0. The second-order valence-corrected chi connectivity index (χ2v) is 7.90. The largest absolute Gasteiger partial charge is 0.497 e. The van der Waals surface area contributed by atoms with Gasteiger partial charge in [0.1, 0.15) is 11.6 Å². The molecule has 3 aromatic carbocycles. The van der Waals surface area contributed by atoms with Crippen LogP contribution in [0.4, 0.5) is 11.4 Å². The van der Waals surface area contributed by atoms with Crippen molar-refractivity contribution < 1.29 is 9.53 Å². The van der Waals surface area contributed by atoms with Crippen LogP contribution in [-0.4, -0.2) is 49.2 Å². The molecule has 32 heavy (non-hydrogen) atoms. The van der Waals surface area contributed by atoms with Crippen molar-refractivity contribution >= 4 is 28.3 Å². The van der Waals surface area contributed by atoms with Gasteiger partial charge in [0, 0.05) is 48.7 Å². The average Bonchev–Trinajstić information content (AvgIpc) is 3.28. The number of aromatic nitrogens is 2. The van der Waals surface area contributed by atoms with Gasteiger partial charge in [-0.2, -0.15) is 0 Å². The molecule has 0 saturated carbocycles. The maximum Gasteiger partial charge on any atom is 0.248 e. The average molecular weight is 428 g/mol. The summed E-state index contributed by atoms with van der Waals surface area (Å²) >= 11 is 0. The van der Waals surface area contributed by atoms with Gasteiger partial charge in [0.25, 0.3) is 0 Å². The Morgan fingerprint density at radius 3 is 2.06 bits per heavy atom. The van der Waals surface area contributed by atoms with Crippen LogP contribution in [0.2, 0.25) is 0 Å². The molecule has 1 aliphatic heterocycles. The molecule has 0 unspecified atom stereocenters. The summed E-state index contributed by atoms with van der Waals surface area (Å²) < 4.78 is 5.25. The number of H-pyrrole nitrogens is 1. The number of anilines is 2. The maximum absolute atomic E-state index is 11.4. The lowest BCUT2D eigenvalue weighted by Crippen LogP contribution is -2.46. The van der Waals surface area contributed by atoms with Crippen molar-refractivity contribution in [2.24, 2.45) is 5.73 Å². The van der Waals surface area contributed by atoms with E-state index in [1.165, 1.54) is 11.4 Å². The number of fused-ring (bicyclic) bond motifs is 1. The quantitative estimate of drug-likeness (QED) is 0.508. The van der Waals surface area contributed by atoms with Crippen molar-refractivity contribution in [3.8, 4) is 17.1 Å². The third kappa shape index (κ3) is 3.85. The monoisotopic (exact) mass is 427 g/mol. The van der Waals surface area contributed by atoms with Crippen molar-refractivity contribution in [2.75, 3.05) is 43.1 Å². The summed E-state index contributed by atoms with van der Waals surface area (Å²) in [7, 11) is 1.69. The topological polar surface area (TPSA) is 87.5 Å². The van der Waals surface area contributed by atoms with Crippen LogP contribution in [-0.2, 0) is 0 Å². The number of methoxy groups -OCH3 is 1. The van der Waals surface area contributed by atoms with E-state index in [1.807, 2.05) is 18.2 Å². The second-order valence-electron chi connectivity index (χ2n) is 7.90. The fraction of sp³-hybridized carbons (Fsp3) is 0.200. The summed E-state index contributed by atoms with van der Waals surface area (Å²) in [5.74, 6) is 1.20. The lowest BCUT2D eigenvalue weighted by atomic mass is 10.1. The van der Waals surface area contributed by atoms with Crippen LogP contribution in [0.3, 0.4) is 0 Å². The van der Waals surface area contributed by atoms with Crippen LogP contribution >= 0.6 is 0 Å². The Bertz CT molecular complexity index is 1240. The van der Waals surface area contributed by atoms with Crippen molar-refractivity contribution in [3.05, 3.63) is 72.3 Å². The minimum atomic E-state index is -0.451. The number of nitrogens with zero attached hydrogens (tertiary/aromatic N) is 3. The summed E-state index contributed by atoms with van der Waals surface area (Å²) in [6, 6.07) is 21.9. The minimum absolute atomic E-state index is 0.451. The summed E-state index contributed by atoms with van der Waals surface area (Å²) in [5, 5.41) is 0. The highest BCUT2D eigenvalue weighted by atomic mass is 16.5. The van der Waals surface area contributed by atoms with Gasteiger partial charge in [0.15, 0.2) is 0 Å². The van der Waals surface area contributed by atoms with Gasteiger partial charge in [-0.05, 0) is 66.7 Å². The number of rotatable bonds is 5. The third-order valence-electron chi connectivity index (χ3n) is 5.99. The first-order chi connectivity index (χ1) is 15.6. The molecule has 1 fully saturated rings. The third-order valence-corrected chi connectivity index (χ3v) is 5.99. The first-order valence-corrected chi connectivity index (χ1v) is 10.6. The first-order valence-electron chi connectivity index (χ1n) is 10.6. The molecule has 0 atom stereocenters. The van der Waals surface area contributed by atoms with Crippen LogP contribution in [0.25, 0.3) is 22.4 Å². The second kappa shape index (κ2) is 8.26. The van der Waals surface area contributed by atoms with E-state index in [4.69, 9.17) is 10.5 Å². The predicted octanol–water partition coefficient (Wildman–Crippen LogP) is 3.66. The summed E-state index contributed by atoms with van der Waals surface area (Å²) in [5.41, 5.74) is 10.9. The highest BCUT2D eigenvalue weighted by Crippen LogP contribution is 2.26. The van der Waals surface area contributed by atoms with Gasteiger partial charge in [-0.25, -0.2) is 4.98 Å². The number of nitrogens with one attached hydrogen (secondary N) is 1. The van der Waals surface area contributed by atoms with Crippen molar-refractivity contribution in [3.63, 3.8) is 0 Å². The van der Waals surface area contributed by atoms with Crippen LogP contribution < -0.4 is 20.3 Å². The molecule has 5 rings (SSSR count). The molecule has 1 aromatic heterocycles. The Morgan fingerprint density at radius 1 is 0.906 bits per heavy atom. The first kappa shape index (κ1) is 19.9. The van der Waals surface area contributed by atoms with Gasteiger partial charge < -0.3 is 25.3 Å². The zero-order chi connectivity index (χ0) is 22.1. The van der Waals surface area contributed by atoms with Crippen molar-refractivity contribution in [1.29, 1.82) is 0 Å². The molecule has 1 saturated heterocycles. The summed E-state index contributed by atoms with van der Waals surface area (Å²) in [4.78, 5) is 24.2. The van der Waals surface area contributed by atoms with Gasteiger partial charge in [-0.1, -0.05) is 0 Å². The van der Waals surface area contributed by atoms with Crippen molar-refractivity contribution in [2.45, 2.75) is 0 Å². The zero-order valence-electron chi connectivity index (χ0n) is 17.9. The molecule has 162 valence electrons. The molecule has 7 nitrogen and oxygen atoms in total. The van der Waals surface area contributed by atoms with E-state index < -0.39 is 5.91 Å². The van der Waals surface area contributed by atoms with E-state index >= 15 is 0 Å². The number of hydrogen-bond donors (Lipinski definition) is 2. The number of nitrogens with two attached hydrogens (primary N) is 1. The smallest absolute Gasteiger partial charge is 0.248 e. The predicted molar refractivity (Wildman–Crippen MR) is 127 cm³/mol. The van der Waals surface area contributed by atoms with E-state index in [-0.39, 0.29) is 0 Å². The molecular weight excluding hydrogens is 402 g/mol. The number of hydrogen-bond acceptors (Lipinski definition) is 5. The number of piperazine rings is 1.